The fourth-order valence-corrected chi connectivity index (χ4v) is 2.14. The molecule has 0 bridgehead atoms. The Labute approximate surface area is 106 Å². The number of hydrogen-bond acceptors (Lipinski definition) is 3. The smallest absolute Gasteiger partial charge is 0.259 e. The van der Waals surface area contributed by atoms with Gasteiger partial charge in [0.1, 0.15) is 10.7 Å². The van der Waals surface area contributed by atoms with Crippen molar-refractivity contribution in [2.75, 3.05) is 20.2 Å². The van der Waals surface area contributed by atoms with Gasteiger partial charge in [0.15, 0.2) is 0 Å². The summed E-state index contributed by atoms with van der Waals surface area (Å²) in [5.74, 6) is 0.277. The third kappa shape index (κ3) is 2.69. The molecule has 1 aromatic heterocycles. The number of halogens is 1. The molecular weight excluding hydrogens is 240 g/mol. The Morgan fingerprint density at radius 1 is 1.35 bits per heavy atom. The number of hydrogen-bond donors (Lipinski definition) is 0. The molecule has 1 saturated heterocycles. The zero-order chi connectivity index (χ0) is 12.3. The van der Waals surface area contributed by atoms with Crippen LogP contribution in [-0.2, 0) is 0 Å². The van der Waals surface area contributed by atoms with Crippen LogP contribution < -0.4 is 4.74 Å². The third-order valence-electron chi connectivity index (χ3n) is 2.89. The predicted molar refractivity (Wildman–Crippen MR) is 65.6 cm³/mol. The lowest BCUT2D eigenvalue weighted by atomic mass is 10.1. The van der Waals surface area contributed by atoms with E-state index in [0.717, 1.165) is 25.9 Å². The summed E-state index contributed by atoms with van der Waals surface area (Å²) in [6.45, 7) is 1.62. The van der Waals surface area contributed by atoms with Crippen LogP contribution in [0, 0.1) is 0 Å². The first kappa shape index (κ1) is 12.2. The molecule has 0 radical (unpaired) electrons. The van der Waals surface area contributed by atoms with Gasteiger partial charge in [0.2, 0.25) is 5.88 Å². The van der Waals surface area contributed by atoms with E-state index in [2.05, 4.69) is 4.98 Å². The molecular formula is C12H15ClN2O2. The average Bonchev–Trinajstić information content (AvgIpc) is 2.39. The van der Waals surface area contributed by atoms with Gasteiger partial charge in [-0.3, -0.25) is 4.79 Å². The van der Waals surface area contributed by atoms with Crippen molar-refractivity contribution < 1.29 is 9.53 Å². The van der Waals surface area contributed by atoms with Crippen LogP contribution in [0.4, 0.5) is 0 Å². The van der Waals surface area contributed by atoms with Gasteiger partial charge >= 0.3 is 0 Å². The lowest BCUT2D eigenvalue weighted by Gasteiger charge is -2.27. The third-order valence-corrected chi connectivity index (χ3v) is 3.10. The first-order valence-corrected chi connectivity index (χ1v) is 6.10. The molecule has 0 atom stereocenters. The maximum absolute atomic E-state index is 12.3. The zero-order valence-corrected chi connectivity index (χ0v) is 10.5. The van der Waals surface area contributed by atoms with E-state index in [0.29, 0.717) is 16.6 Å². The molecule has 2 heterocycles. The van der Waals surface area contributed by atoms with Crippen molar-refractivity contribution in [3.8, 4) is 5.88 Å². The number of pyridine rings is 1. The van der Waals surface area contributed by atoms with Crippen molar-refractivity contribution >= 4 is 17.5 Å². The molecule has 1 aliphatic heterocycles. The van der Waals surface area contributed by atoms with E-state index in [4.69, 9.17) is 16.3 Å². The van der Waals surface area contributed by atoms with Crippen molar-refractivity contribution in [3.63, 3.8) is 0 Å². The number of amides is 1. The number of ether oxygens (including phenoxy) is 1. The minimum atomic E-state index is -0.0225. The number of nitrogens with zero attached hydrogens (tertiary/aromatic N) is 2. The van der Waals surface area contributed by atoms with Gasteiger partial charge in [-0.15, -0.1) is 0 Å². The molecule has 1 fully saturated rings. The van der Waals surface area contributed by atoms with Crippen molar-refractivity contribution in [2.45, 2.75) is 19.3 Å². The highest BCUT2D eigenvalue weighted by Gasteiger charge is 2.22. The number of aromatic nitrogens is 1. The number of likely N-dealkylation sites (tertiary alicyclic amines) is 1. The van der Waals surface area contributed by atoms with Crippen LogP contribution in [0.2, 0.25) is 5.15 Å². The van der Waals surface area contributed by atoms with Gasteiger partial charge in [-0.05, 0) is 31.4 Å². The van der Waals surface area contributed by atoms with Crippen molar-refractivity contribution in [2.24, 2.45) is 0 Å². The molecule has 5 heteroatoms. The summed E-state index contributed by atoms with van der Waals surface area (Å²) < 4.78 is 5.10. The highest BCUT2D eigenvalue weighted by atomic mass is 35.5. The molecule has 0 N–H and O–H groups in total. The summed E-state index contributed by atoms with van der Waals surface area (Å²) in [5.41, 5.74) is 0.485. The van der Waals surface area contributed by atoms with E-state index >= 15 is 0 Å². The summed E-state index contributed by atoms with van der Waals surface area (Å²) in [7, 11) is 1.49. The molecule has 2 rings (SSSR count). The normalized spacial score (nSPS) is 15.8. The summed E-state index contributed by atoms with van der Waals surface area (Å²) in [6, 6.07) is 3.28. The number of carbonyl (C=O) groups excluding carboxylic acids is 1. The largest absolute Gasteiger partial charge is 0.480 e. The van der Waals surface area contributed by atoms with Crippen LogP contribution in [0.25, 0.3) is 0 Å². The van der Waals surface area contributed by atoms with E-state index in [1.54, 1.807) is 12.1 Å². The maximum Gasteiger partial charge on any atom is 0.259 e. The number of rotatable bonds is 2. The molecule has 0 aromatic carbocycles. The summed E-state index contributed by atoms with van der Waals surface area (Å²) >= 11 is 5.77. The quantitative estimate of drug-likeness (QED) is 0.761. The SMILES string of the molecule is COc1nc(Cl)ccc1C(=O)N1CCCCC1. The molecule has 1 aliphatic rings. The second-order valence-electron chi connectivity index (χ2n) is 4.04. The van der Waals surface area contributed by atoms with Crippen molar-refractivity contribution in [1.82, 2.24) is 9.88 Å². The highest BCUT2D eigenvalue weighted by molar-refractivity contribution is 6.29. The van der Waals surface area contributed by atoms with E-state index < -0.39 is 0 Å². The van der Waals surface area contributed by atoms with E-state index in [1.807, 2.05) is 4.90 Å². The van der Waals surface area contributed by atoms with Gasteiger partial charge in [0, 0.05) is 13.1 Å². The monoisotopic (exact) mass is 254 g/mol. The lowest BCUT2D eigenvalue weighted by Crippen LogP contribution is -2.35. The summed E-state index contributed by atoms with van der Waals surface area (Å²) in [6.07, 6.45) is 3.32. The lowest BCUT2D eigenvalue weighted by molar-refractivity contribution is 0.0720. The second kappa shape index (κ2) is 5.36. The maximum atomic E-state index is 12.3. The van der Waals surface area contributed by atoms with Gasteiger partial charge in [0.25, 0.3) is 5.91 Å². The molecule has 0 spiro atoms. The summed E-state index contributed by atoms with van der Waals surface area (Å²) in [5, 5.41) is 0.331. The number of piperidine rings is 1. The number of methoxy groups -OCH3 is 1. The Hall–Kier alpha value is -1.29. The molecule has 1 amide bonds. The van der Waals surface area contributed by atoms with Gasteiger partial charge in [-0.25, -0.2) is 4.98 Å². The van der Waals surface area contributed by atoms with Gasteiger partial charge in [-0.1, -0.05) is 11.6 Å². The fourth-order valence-electron chi connectivity index (χ4n) is 2.00. The molecule has 4 nitrogen and oxygen atoms in total. The van der Waals surface area contributed by atoms with E-state index in [1.165, 1.54) is 13.5 Å². The second-order valence-corrected chi connectivity index (χ2v) is 4.43. The zero-order valence-electron chi connectivity index (χ0n) is 9.78. The predicted octanol–water partition coefficient (Wildman–Crippen LogP) is 2.37. The Kier molecular flexibility index (Phi) is 3.84. The molecule has 17 heavy (non-hydrogen) atoms. The van der Waals surface area contributed by atoms with Crippen LogP contribution in [-0.4, -0.2) is 36.0 Å². The van der Waals surface area contributed by atoms with Crippen LogP contribution in [0.5, 0.6) is 5.88 Å². The van der Waals surface area contributed by atoms with Crippen molar-refractivity contribution in [1.29, 1.82) is 0 Å². The Balaban J connectivity index is 2.23. The Bertz CT molecular complexity index is 417. The molecule has 1 aromatic rings. The summed E-state index contributed by atoms with van der Waals surface area (Å²) in [4.78, 5) is 18.1. The molecule has 0 unspecified atom stereocenters. The fraction of sp³-hybridized carbons (Fsp3) is 0.500. The Morgan fingerprint density at radius 2 is 2.06 bits per heavy atom. The average molecular weight is 255 g/mol. The topological polar surface area (TPSA) is 42.4 Å². The first-order valence-electron chi connectivity index (χ1n) is 5.72. The van der Waals surface area contributed by atoms with Crippen LogP contribution in [0.1, 0.15) is 29.6 Å². The van der Waals surface area contributed by atoms with Crippen molar-refractivity contribution in [3.05, 3.63) is 22.8 Å². The van der Waals surface area contributed by atoms with Gasteiger partial charge < -0.3 is 9.64 Å². The van der Waals surface area contributed by atoms with Crippen LogP contribution >= 0.6 is 11.6 Å². The highest BCUT2D eigenvalue weighted by Crippen LogP contribution is 2.21. The van der Waals surface area contributed by atoms with E-state index in [9.17, 15) is 4.79 Å². The minimum Gasteiger partial charge on any atom is -0.480 e. The van der Waals surface area contributed by atoms with Gasteiger partial charge in [0.05, 0.1) is 7.11 Å². The molecule has 0 aliphatic carbocycles. The molecule has 92 valence electrons. The van der Waals surface area contributed by atoms with Gasteiger partial charge in [-0.2, -0.15) is 0 Å². The molecule has 0 saturated carbocycles. The Morgan fingerprint density at radius 3 is 2.71 bits per heavy atom. The van der Waals surface area contributed by atoms with Crippen LogP contribution in [0.3, 0.4) is 0 Å². The standard InChI is InChI=1S/C12H15ClN2O2/c1-17-11-9(5-6-10(13)14-11)12(16)15-7-3-2-4-8-15/h5-6H,2-4,7-8H2,1H3. The number of carbonyl (C=O) groups is 1. The van der Waals surface area contributed by atoms with Crippen LogP contribution in [0.15, 0.2) is 12.1 Å². The minimum absolute atomic E-state index is 0.0225. The van der Waals surface area contributed by atoms with E-state index in [-0.39, 0.29) is 5.91 Å². The first-order chi connectivity index (χ1) is 8.22.